The van der Waals surface area contributed by atoms with Gasteiger partial charge in [0.2, 0.25) is 0 Å². The fraction of sp³-hybridized carbons (Fsp3) is 0.350. The standard InChI is InChI=1S/C20H26N8O2/c1-30-15-5-2-4-14(10-15)25-19-17-13(7-9-28(17)24-12-23-19)11-27-8-3-6-16(18(27)21)26-20(22)29/h2,4-5,7,9-10,12,16,18H,3,6,8,11,21H2,1H3,(H3,22,26,29)(H,23,24,25)/t16-,18-/m1/s1. The number of carbonyl (C=O) groups excluding carboxylic acids is 1. The van der Waals surface area contributed by atoms with Crippen LogP contribution in [-0.2, 0) is 6.54 Å². The molecule has 2 atom stereocenters. The number of hydrogen-bond acceptors (Lipinski definition) is 7. The summed E-state index contributed by atoms with van der Waals surface area (Å²) in [6.07, 6.45) is 4.83. The number of hydrogen-bond donors (Lipinski definition) is 4. The Kier molecular flexibility index (Phi) is 5.68. The van der Waals surface area contributed by atoms with E-state index in [0.29, 0.717) is 12.4 Å². The van der Waals surface area contributed by atoms with Gasteiger partial charge < -0.3 is 26.8 Å². The number of methoxy groups -OCH3 is 1. The zero-order chi connectivity index (χ0) is 21.1. The first-order valence-electron chi connectivity index (χ1n) is 9.83. The SMILES string of the molecule is COc1cccc(Nc2ncnn3ccc(CN4CCC[C@@H](NC(N)=O)[C@@H]4N)c23)c1. The fourth-order valence-corrected chi connectivity index (χ4v) is 3.91. The van der Waals surface area contributed by atoms with Gasteiger partial charge in [-0.1, -0.05) is 6.07 Å². The minimum atomic E-state index is -0.551. The maximum Gasteiger partial charge on any atom is 0.312 e. The molecule has 0 saturated carbocycles. The van der Waals surface area contributed by atoms with Crippen LogP contribution in [-0.4, -0.2) is 51.4 Å². The summed E-state index contributed by atoms with van der Waals surface area (Å²) >= 11 is 0. The van der Waals surface area contributed by atoms with Gasteiger partial charge in [-0.2, -0.15) is 5.10 Å². The van der Waals surface area contributed by atoms with Gasteiger partial charge in [-0.05, 0) is 36.6 Å². The van der Waals surface area contributed by atoms with Crippen LogP contribution in [0.2, 0.25) is 0 Å². The van der Waals surface area contributed by atoms with Crippen molar-refractivity contribution in [2.45, 2.75) is 31.6 Å². The average Bonchev–Trinajstić information content (AvgIpc) is 3.15. The summed E-state index contributed by atoms with van der Waals surface area (Å²) < 4.78 is 7.09. The Balaban J connectivity index is 1.60. The van der Waals surface area contributed by atoms with Crippen molar-refractivity contribution < 1.29 is 9.53 Å². The van der Waals surface area contributed by atoms with Crippen LogP contribution >= 0.6 is 0 Å². The number of aromatic nitrogens is 3. The highest BCUT2D eigenvalue weighted by Crippen LogP contribution is 2.27. The van der Waals surface area contributed by atoms with Gasteiger partial charge in [0.25, 0.3) is 0 Å². The Labute approximate surface area is 174 Å². The van der Waals surface area contributed by atoms with E-state index in [1.165, 1.54) is 6.33 Å². The molecule has 2 amide bonds. The van der Waals surface area contributed by atoms with Gasteiger partial charge in [0, 0.05) is 31.0 Å². The molecule has 3 aromatic rings. The number of urea groups is 1. The second kappa shape index (κ2) is 8.56. The third kappa shape index (κ3) is 4.14. The van der Waals surface area contributed by atoms with Crippen molar-refractivity contribution in [3.63, 3.8) is 0 Å². The molecule has 0 bridgehead atoms. The van der Waals surface area contributed by atoms with Crippen LogP contribution in [0.1, 0.15) is 18.4 Å². The first kappa shape index (κ1) is 19.9. The zero-order valence-corrected chi connectivity index (χ0v) is 16.8. The number of nitrogens with zero attached hydrogens (tertiary/aromatic N) is 4. The van der Waals surface area contributed by atoms with E-state index in [-0.39, 0.29) is 12.2 Å². The summed E-state index contributed by atoms with van der Waals surface area (Å²) in [6.45, 7) is 1.44. The second-order valence-electron chi connectivity index (χ2n) is 7.32. The van der Waals surface area contributed by atoms with E-state index in [9.17, 15) is 4.79 Å². The molecule has 3 heterocycles. The molecule has 30 heavy (non-hydrogen) atoms. The third-order valence-corrected chi connectivity index (χ3v) is 5.37. The lowest BCUT2D eigenvalue weighted by molar-refractivity contribution is 0.112. The van der Waals surface area contributed by atoms with E-state index in [1.54, 1.807) is 11.6 Å². The molecule has 0 spiro atoms. The van der Waals surface area contributed by atoms with Gasteiger partial charge >= 0.3 is 6.03 Å². The van der Waals surface area contributed by atoms with E-state index in [0.717, 1.165) is 41.9 Å². The lowest BCUT2D eigenvalue weighted by Gasteiger charge is -2.39. The normalized spacial score (nSPS) is 19.5. The zero-order valence-electron chi connectivity index (χ0n) is 16.8. The number of amides is 2. The molecule has 1 aromatic carbocycles. The van der Waals surface area contributed by atoms with Gasteiger partial charge in [-0.25, -0.2) is 14.3 Å². The summed E-state index contributed by atoms with van der Waals surface area (Å²) in [5.74, 6) is 1.45. The number of primary amides is 1. The largest absolute Gasteiger partial charge is 0.497 e. The van der Waals surface area contributed by atoms with E-state index in [4.69, 9.17) is 16.2 Å². The number of ether oxygens (including phenoxy) is 1. The quantitative estimate of drug-likeness (QED) is 0.482. The Morgan fingerprint density at radius 1 is 1.37 bits per heavy atom. The molecule has 6 N–H and O–H groups in total. The van der Waals surface area contributed by atoms with Crippen LogP contribution in [0.4, 0.5) is 16.3 Å². The highest BCUT2D eigenvalue weighted by Gasteiger charge is 2.30. The van der Waals surface area contributed by atoms with Crippen molar-refractivity contribution in [1.29, 1.82) is 0 Å². The molecule has 0 radical (unpaired) electrons. The molecule has 0 aliphatic carbocycles. The molecule has 2 aromatic heterocycles. The van der Waals surface area contributed by atoms with Crippen molar-refractivity contribution >= 4 is 23.1 Å². The van der Waals surface area contributed by atoms with Crippen LogP contribution < -0.4 is 26.8 Å². The summed E-state index contributed by atoms with van der Waals surface area (Å²) in [4.78, 5) is 17.9. The van der Waals surface area contributed by atoms with Crippen LogP contribution in [0.25, 0.3) is 5.52 Å². The second-order valence-corrected chi connectivity index (χ2v) is 7.32. The molecule has 158 valence electrons. The molecule has 0 unspecified atom stereocenters. The van der Waals surface area contributed by atoms with Crippen molar-refractivity contribution in [3.05, 3.63) is 48.4 Å². The Morgan fingerprint density at radius 2 is 2.23 bits per heavy atom. The first-order valence-corrected chi connectivity index (χ1v) is 9.83. The molecule has 1 fully saturated rings. The fourth-order valence-electron chi connectivity index (χ4n) is 3.91. The number of fused-ring (bicyclic) bond motifs is 1. The molecule has 10 nitrogen and oxygen atoms in total. The highest BCUT2D eigenvalue weighted by atomic mass is 16.5. The molecule has 4 rings (SSSR count). The van der Waals surface area contributed by atoms with Crippen LogP contribution in [0, 0.1) is 0 Å². The molecule has 1 saturated heterocycles. The van der Waals surface area contributed by atoms with Crippen molar-refractivity contribution in [3.8, 4) is 5.75 Å². The summed E-state index contributed by atoms with van der Waals surface area (Å²) in [7, 11) is 1.63. The minimum Gasteiger partial charge on any atom is -0.497 e. The predicted octanol–water partition coefficient (Wildman–Crippen LogP) is 1.40. The van der Waals surface area contributed by atoms with Crippen LogP contribution in [0.5, 0.6) is 5.75 Å². The Bertz CT molecular complexity index is 1040. The Hall–Kier alpha value is -3.37. The van der Waals surface area contributed by atoms with E-state index in [2.05, 4.69) is 25.6 Å². The van der Waals surface area contributed by atoms with Gasteiger partial charge in [-0.15, -0.1) is 0 Å². The van der Waals surface area contributed by atoms with Crippen LogP contribution in [0.3, 0.4) is 0 Å². The van der Waals surface area contributed by atoms with Gasteiger partial charge in [0.15, 0.2) is 5.82 Å². The maximum absolute atomic E-state index is 11.3. The monoisotopic (exact) mass is 410 g/mol. The van der Waals surface area contributed by atoms with Crippen molar-refractivity contribution in [1.82, 2.24) is 24.8 Å². The summed E-state index contributed by atoms with van der Waals surface area (Å²) in [6, 6.07) is 8.94. The number of anilines is 2. The lowest BCUT2D eigenvalue weighted by Crippen LogP contribution is -2.60. The van der Waals surface area contributed by atoms with Crippen LogP contribution in [0.15, 0.2) is 42.9 Å². The number of likely N-dealkylation sites (tertiary alicyclic amines) is 1. The number of piperidine rings is 1. The smallest absolute Gasteiger partial charge is 0.312 e. The molecule has 10 heteroatoms. The average molecular weight is 410 g/mol. The third-order valence-electron chi connectivity index (χ3n) is 5.37. The van der Waals surface area contributed by atoms with Crippen molar-refractivity contribution in [2.75, 3.05) is 19.0 Å². The number of nitrogens with one attached hydrogen (secondary N) is 2. The van der Waals surface area contributed by atoms with Crippen molar-refractivity contribution in [2.24, 2.45) is 11.5 Å². The lowest BCUT2D eigenvalue weighted by atomic mass is 10.0. The molecule has 1 aliphatic heterocycles. The Morgan fingerprint density at radius 3 is 3.03 bits per heavy atom. The first-order chi connectivity index (χ1) is 14.5. The van der Waals surface area contributed by atoms with Gasteiger partial charge in [-0.3, -0.25) is 4.90 Å². The topological polar surface area (TPSA) is 136 Å². The van der Waals surface area contributed by atoms with E-state index < -0.39 is 6.03 Å². The number of benzene rings is 1. The molecular formula is C20H26N8O2. The summed E-state index contributed by atoms with van der Waals surface area (Å²) in [5.41, 5.74) is 14.5. The molecule has 1 aliphatic rings. The number of rotatable bonds is 6. The van der Waals surface area contributed by atoms with E-state index >= 15 is 0 Å². The minimum absolute atomic E-state index is 0.171. The summed E-state index contributed by atoms with van der Waals surface area (Å²) in [5, 5.41) is 10.4. The van der Waals surface area contributed by atoms with Gasteiger partial charge in [0.05, 0.1) is 19.3 Å². The van der Waals surface area contributed by atoms with E-state index in [1.807, 2.05) is 36.5 Å². The maximum atomic E-state index is 11.3. The van der Waals surface area contributed by atoms with Gasteiger partial charge in [0.1, 0.15) is 17.6 Å². The number of carbonyl (C=O) groups is 1. The number of nitrogens with two attached hydrogens (primary N) is 2. The predicted molar refractivity (Wildman–Crippen MR) is 113 cm³/mol. The highest BCUT2D eigenvalue weighted by molar-refractivity contribution is 5.76. The molecular weight excluding hydrogens is 384 g/mol.